The molecule has 2 fully saturated rings. The highest BCUT2D eigenvalue weighted by atomic mass is 35.5. The Bertz CT molecular complexity index is 576. The Morgan fingerprint density at radius 2 is 1.96 bits per heavy atom. The van der Waals surface area contributed by atoms with E-state index in [0.717, 1.165) is 25.9 Å². The second kappa shape index (κ2) is 6.15. The lowest BCUT2D eigenvalue weighted by Gasteiger charge is -2.25. The molecule has 0 radical (unpaired) electrons. The maximum Gasteiger partial charge on any atom is 0.410 e. The first-order valence-corrected chi connectivity index (χ1v) is 8.31. The summed E-state index contributed by atoms with van der Waals surface area (Å²) in [6, 6.07) is 1.72. The van der Waals surface area contributed by atoms with Crippen molar-refractivity contribution < 1.29 is 14.3 Å². The lowest BCUT2D eigenvalue weighted by Crippen LogP contribution is -2.36. The predicted molar refractivity (Wildman–Crippen MR) is 85.5 cm³/mol. The lowest BCUT2D eigenvalue weighted by molar-refractivity contribution is 0.0271. The predicted octanol–water partition coefficient (Wildman–Crippen LogP) is 3.15. The Morgan fingerprint density at radius 3 is 2.52 bits per heavy atom. The monoisotopic (exact) mass is 339 g/mol. The number of aromatic nitrogens is 2. The van der Waals surface area contributed by atoms with E-state index >= 15 is 0 Å². The van der Waals surface area contributed by atoms with Crippen LogP contribution in [0.5, 0.6) is 5.88 Å². The fourth-order valence-electron chi connectivity index (χ4n) is 3.37. The van der Waals surface area contributed by atoms with Crippen molar-refractivity contribution in [2.75, 3.05) is 13.1 Å². The average Bonchev–Trinajstić information content (AvgIpc) is 2.94. The minimum Gasteiger partial charge on any atom is -0.474 e. The van der Waals surface area contributed by atoms with Crippen molar-refractivity contribution in [2.45, 2.75) is 45.3 Å². The number of rotatable bonds is 2. The zero-order chi connectivity index (χ0) is 16.6. The molecule has 0 N–H and O–H groups in total. The molecule has 0 spiro atoms. The summed E-state index contributed by atoms with van der Waals surface area (Å²) in [5.41, 5.74) is -0.452. The van der Waals surface area contributed by atoms with Gasteiger partial charge in [0.1, 0.15) is 11.7 Å². The van der Waals surface area contributed by atoms with Crippen molar-refractivity contribution in [1.29, 1.82) is 0 Å². The van der Waals surface area contributed by atoms with Crippen LogP contribution in [0.4, 0.5) is 4.79 Å². The summed E-state index contributed by atoms with van der Waals surface area (Å²) in [4.78, 5) is 21.9. The van der Waals surface area contributed by atoms with E-state index in [1.54, 1.807) is 12.3 Å². The molecule has 1 aliphatic heterocycles. The summed E-state index contributed by atoms with van der Waals surface area (Å²) in [6.07, 6.45) is 3.34. The standard InChI is InChI=1S/C16H22ClN3O3/c1-16(2,3)23-15(21)20-8-10-6-12(7-11(10)9-20)22-13-4-5-18-14(17)19-13/h4-5,10-12H,6-9H2,1-3H3. The number of carbonyl (C=O) groups is 1. The maximum atomic E-state index is 12.1. The highest BCUT2D eigenvalue weighted by molar-refractivity contribution is 6.28. The third kappa shape index (κ3) is 4.05. The third-order valence-corrected chi connectivity index (χ3v) is 4.43. The molecule has 1 saturated heterocycles. The van der Waals surface area contributed by atoms with Crippen LogP contribution in [-0.2, 0) is 4.74 Å². The molecule has 0 aromatic carbocycles. The van der Waals surface area contributed by atoms with Gasteiger partial charge in [-0.2, -0.15) is 4.98 Å². The molecule has 3 rings (SSSR count). The average molecular weight is 340 g/mol. The number of ether oxygens (including phenoxy) is 2. The van der Waals surface area contributed by atoms with Crippen LogP contribution in [0, 0.1) is 11.8 Å². The molecule has 1 aromatic rings. The molecule has 7 heteroatoms. The number of carbonyl (C=O) groups excluding carboxylic acids is 1. The van der Waals surface area contributed by atoms with Crippen LogP contribution in [0.15, 0.2) is 12.3 Å². The van der Waals surface area contributed by atoms with Crippen molar-refractivity contribution >= 4 is 17.7 Å². The second-order valence-corrected chi connectivity index (χ2v) is 7.62. The van der Waals surface area contributed by atoms with Gasteiger partial charge in [-0.3, -0.25) is 0 Å². The highest BCUT2D eigenvalue weighted by Gasteiger charge is 2.44. The van der Waals surface area contributed by atoms with Crippen molar-refractivity contribution in [3.8, 4) is 5.88 Å². The van der Waals surface area contributed by atoms with Crippen molar-refractivity contribution in [1.82, 2.24) is 14.9 Å². The number of hydrogen-bond acceptors (Lipinski definition) is 5. The van der Waals surface area contributed by atoms with Gasteiger partial charge in [0.05, 0.1) is 0 Å². The molecule has 2 aliphatic rings. The van der Waals surface area contributed by atoms with E-state index in [9.17, 15) is 4.79 Å². The highest BCUT2D eigenvalue weighted by Crippen LogP contribution is 2.40. The molecule has 1 aliphatic carbocycles. The summed E-state index contributed by atoms with van der Waals surface area (Å²) >= 11 is 5.77. The van der Waals surface area contributed by atoms with Gasteiger partial charge in [-0.05, 0) is 57.0 Å². The Hall–Kier alpha value is -1.56. The minimum atomic E-state index is -0.452. The van der Waals surface area contributed by atoms with Gasteiger partial charge in [-0.15, -0.1) is 0 Å². The van der Waals surface area contributed by atoms with E-state index in [-0.39, 0.29) is 17.5 Å². The first kappa shape index (κ1) is 16.3. The molecular formula is C16H22ClN3O3. The smallest absolute Gasteiger partial charge is 0.410 e. The van der Waals surface area contributed by atoms with Gasteiger partial charge in [0.15, 0.2) is 0 Å². The molecule has 2 unspecified atom stereocenters. The molecule has 1 aromatic heterocycles. The summed E-state index contributed by atoms with van der Waals surface area (Å²) in [5, 5.41) is 0.191. The minimum absolute atomic E-state index is 0.122. The van der Waals surface area contributed by atoms with Gasteiger partial charge >= 0.3 is 6.09 Å². The molecule has 6 nitrogen and oxygen atoms in total. The summed E-state index contributed by atoms with van der Waals surface area (Å²) in [7, 11) is 0. The van der Waals surface area contributed by atoms with Gasteiger partial charge in [0, 0.05) is 25.4 Å². The molecule has 1 amide bonds. The Labute approximate surface area is 141 Å². The van der Waals surface area contributed by atoms with Gasteiger partial charge in [-0.25, -0.2) is 9.78 Å². The number of amides is 1. The first-order chi connectivity index (χ1) is 10.8. The molecule has 1 saturated carbocycles. The summed E-state index contributed by atoms with van der Waals surface area (Å²) in [6.45, 7) is 7.14. The maximum absolute atomic E-state index is 12.1. The zero-order valence-electron chi connectivity index (χ0n) is 13.7. The Balaban J connectivity index is 1.52. The van der Waals surface area contributed by atoms with Crippen molar-refractivity contribution in [3.05, 3.63) is 17.5 Å². The topological polar surface area (TPSA) is 64.5 Å². The first-order valence-electron chi connectivity index (χ1n) is 7.93. The fourth-order valence-corrected chi connectivity index (χ4v) is 3.51. The van der Waals surface area contributed by atoms with Crippen LogP contribution in [0.3, 0.4) is 0 Å². The lowest BCUT2D eigenvalue weighted by atomic mass is 10.0. The van der Waals surface area contributed by atoms with E-state index in [0.29, 0.717) is 17.7 Å². The van der Waals surface area contributed by atoms with Gasteiger partial charge in [-0.1, -0.05) is 0 Å². The van der Waals surface area contributed by atoms with Crippen molar-refractivity contribution in [3.63, 3.8) is 0 Å². The number of likely N-dealkylation sites (tertiary alicyclic amines) is 1. The Morgan fingerprint density at radius 1 is 1.30 bits per heavy atom. The molecule has 126 valence electrons. The van der Waals surface area contributed by atoms with Crippen LogP contribution in [-0.4, -0.2) is 45.8 Å². The van der Waals surface area contributed by atoms with Crippen LogP contribution < -0.4 is 4.74 Å². The fraction of sp³-hybridized carbons (Fsp3) is 0.688. The summed E-state index contributed by atoms with van der Waals surface area (Å²) in [5.74, 6) is 1.44. The van der Waals surface area contributed by atoms with Gasteiger partial charge < -0.3 is 14.4 Å². The van der Waals surface area contributed by atoms with E-state index in [4.69, 9.17) is 21.1 Å². The summed E-state index contributed by atoms with van der Waals surface area (Å²) < 4.78 is 11.3. The second-order valence-electron chi connectivity index (χ2n) is 7.28. The number of hydrogen-bond donors (Lipinski definition) is 0. The third-order valence-electron chi connectivity index (χ3n) is 4.25. The number of fused-ring (bicyclic) bond motifs is 1. The normalized spacial score (nSPS) is 27.0. The molecule has 2 heterocycles. The molecular weight excluding hydrogens is 318 g/mol. The van der Waals surface area contributed by atoms with Crippen LogP contribution in [0.25, 0.3) is 0 Å². The SMILES string of the molecule is CC(C)(C)OC(=O)N1CC2CC(Oc3ccnc(Cl)n3)CC2C1. The molecule has 0 bridgehead atoms. The van der Waals surface area contributed by atoms with Crippen LogP contribution in [0.1, 0.15) is 33.6 Å². The van der Waals surface area contributed by atoms with E-state index in [1.165, 1.54) is 0 Å². The van der Waals surface area contributed by atoms with E-state index in [2.05, 4.69) is 9.97 Å². The largest absolute Gasteiger partial charge is 0.474 e. The van der Waals surface area contributed by atoms with Crippen LogP contribution in [0.2, 0.25) is 5.28 Å². The molecule has 23 heavy (non-hydrogen) atoms. The zero-order valence-corrected chi connectivity index (χ0v) is 14.4. The van der Waals surface area contributed by atoms with Gasteiger partial charge in [0.2, 0.25) is 11.2 Å². The quantitative estimate of drug-likeness (QED) is 0.774. The Kier molecular flexibility index (Phi) is 4.36. The van der Waals surface area contributed by atoms with E-state index < -0.39 is 5.60 Å². The van der Waals surface area contributed by atoms with Crippen molar-refractivity contribution in [2.24, 2.45) is 11.8 Å². The van der Waals surface area contributed by atoms with Crippen LogP contribution >= 0.6 is 11.6 Å². The van der Waals surface area contributed by atoms with Gasteiger partial charge in [0.25, 0.3) is 0 Å². The number of nitrogens with zero attached hydrogens (tertiary/aromatic N) is 3. The van der Waals surface area contributed by atoms with E-state index in [1.807, 2.05) is 25.7 Å². The number of halogens is 1. The molecule has 2 atom stereocenters.